The lowest BCUT2D eigenvalue weighted by Crippen LogP contribution is -2.34. The number of fused-ring (bicyclic) bond motifs is 1. The van der Waals surface area contributed by atoms with E-state index in [2.05, 4.69) is 30.6 Å². The Kier molecular flexibility index (Phi) is 2.24. The van der Waals surface area contributed by atoms with Gasteiger partial charge in [-0.3, -0.25) is 10.2 Å². The molecule has 0 spiro atoms. The minimum atomic E-state index is 0.303. The van der Waals surface area contributed by atoms with Crippen LogP contribution in [0.3, 0.4) is 0 Å². The van der Waals surface area contributed by atoms with Gasteiger partial charge in [-0.25, -0.2) is 0 Å². The van der Waals surface area contributed by atoms with Gasteiger partial charge in [-0.15, -0.1) is 0 Å². The van der Waals surface area contributed by atoms with Crippen LogP contribution in [0.5, 0.6) is 0 Å². The molecule has 3 atom stereocenters. The molecule has 0 saturated carbocycles. The molecule has 0 aliphatic carbocycles. The maximum atomic E-state index is 8.70. The van der Waals surface area contributed by atoms with Crippen molar-refractivity contribution in [2.45, 2.75) is 44.4 Å². The second-order valence-corrected chi connectivity index (χ2v) is 3.74. The fourth-order valence-electron chi connectivity index (χ4n) is 1.88. The van der Waals surface area contributed by atoms with E-state index in [1.54, 1.807) is 4.90 Å². The van der Waals surface area contributed by atoms with E-state index < -0.39 is 0 Å². The van der Waals surface area contributed by atoms with Crippen molar-refractivity contribution >= 4 is 0 Å². The molecule has 0 bridgehead atoms. The highest BCUT2D eigenvalue weighted by atomic mass is 15.4. The molecule has 2 aliphatic rings. The van der Waals surface area contributed by atoms with Crippen molar-refractivity contribution in [3.63, 3.8) is 0 Å². The third-order valence-corrected chi connectivity index (χ3v) is 2.76. The highest BCUT2D eigenvalue weighted by Crippen LogP contribution is 2.30. The number of rotatable bonds is 3. The van der Waals surface area contributed by atoms with E-state index in [1.165, 1.54) is 19.3 Å². The smallest absolute Gasteiger partial charge is 0.181 e. The first-order valence-electron chi connectivity index (χ1n) is 4.99. The molecule has 2 rings (SSSR count). The van der Waals surface area contributed by atoms with E-state index in [4.69, 9.17) is 5.26 Å². The van der Waals surface area contributed by atoms with Crippen LogP contribution in [-0.2, 0) is 0 Å². The number of hydrogen-bond acceptors (Lipinski definition) is 3. The molecule has 2 heterocycles. The van der Waals surface area contributed by atoms with Gasteiger partial charge < -0.3 is 0 Å². The van der Waals surface area contributed by atoms with Crippen molar-refractivity contribution in [2.75, 3.05) is 0 Å². The standard InChI is InChI=1S/C10H15N3/c1-2-3-4-8-5-6-9-10(12-8)13(9)7-11/h5-6,8-10,12H,2-4H2,1H3/t8-,9-,10-,13?/m0/s1. The number of unbranched alkanes of at least 4 members (excludes halogenated alkanes) is 1. The van der Waals surface area contributed by atoms with Gasteiger partial charge in [-0.2, -0.15) is 5.26 Å². The predicted molar refractivity (Wildman–Crippen MR) is 50.6 cm³/mol. The fourth-order valence-corrected chi connectivity index (χ4v) is 1.88. The summed E-state index contributed by atoms with van der Waals surface area (Å²) >= 11 is 0. The SMILES string of the molecule is CCCC[C@H]1C=C[C@H]2[C@@H](N1)N2C#N. The summed E-state index contributed by atoms with van der Waals surface area (Å²) in [6, 6.07) is 0.836. The average Bonchev–Trinajstić information content (AvgIpc) is 2.87. The minimum absolute atomic E-state index is 0.303. The molecule has 1 saturated heterocycles. The van der Waals surface area contributed by atoms with Gasteiger partial charge in [0.25, 0.3) is 0 Å². The zero-order valence-electron chi connectivity index (χ0n) is 7.90. The molecule has 0 aromatic heterocycles. The van der Waals surface area contributed by atoms with E-state index >= 15 is 0 Å². The monoisotopic (exact) mass is 177 g/mol. The van der Waals surface area contributed by atoms with Crippen molar-refractivity contribution in [3.8, 4) is 6.19 Å². The van der Waals surface area contributed by atoms with Gasteiger partial charge in [0, 0.05) is 6.04 Å². The van der Waals surface area contributed by atoms with Crippen molar-refractivity contribution in [1.29, 1.82) is 5.26 Å². The van der Waals surface area contributed by atoms with Crippen molar-refractivity contribution < 1.29 is 0 Å². The van der Waals surface area contributed by atoms with Gasteiger partial charge in [0.15, 0.2) is 6.19 Å². The molecule has 1 fully saturated rings. The second-order valence-electron chi connectivity index (χ2n) is 3.74. The Morgan fingerprint density at radius 3 is 3.08 bits per heavy atom. The molecule has 2 aliphatic heterocycles. The number of nitrogens with zero attached hydrogens (tertiary/aromatic N) is 2. The zero-order chi connectivity index (χ0) is 9.26. The highest BCUT2D eigenvalue weighted by molar-refractivity contribution is 5.23. The Balaban J connectivity index is 1.84. The Morgan fingerprint density at radius 2 is 2.38 bits per heavy atom. The number of nitrogens with one attached hydrogen (secondary N) is 1. The summed E-state index contributed by atoms with van der Waals surface area (Å²) in [6.07, 6.45) is 10.5. The lowest BCUT2D eigenvalue weighted by Gasteiger charge is -2.15. The Labute approximate surface area is 79.0 Å². The maximum absolute atomic E-state index is 8.70. The fraction of sp³-hybridized carbons (Fsp3) is 0.700. The van der Waals surface area contributed by atoms with Crippen LogP contribution in [0.2, 0.25) is 0 Å². The summed E-state index contributed by atoms with van der Waals surface area (Å²) in [5.41, 5.74) is 0. The quantitative estimate of drug-likeness (QED) is 0.400. The number of nitriles is 1. The number of hydrogen-bond donors (Lipinski definition) is 1. The molecule has 0 radical (unpaired) electrons. The first kappa shape index (κ1) is 8.58. The predicted octanol–water partition coefficient (Wildman–Crippen LogP) is 1.20. The molecule has 0 aromatic carbocycles. The molecule has 0 unspecified atom stereocenters. The molecule has 13 heavy (non-hydrogen) atoms. The van der Waals surface area contributed by atoms with Crippen molar-refractivity contribution in [1.82, 2.24) is 10.2 Å². The van der Waals surface area contributed by atoms with Crippen LogP contribution in [0.25, 0.3) is 0 Å². The van der Waals surface area contributed by atoms with Crippen LogP contribution >= 0.6 is 0 Å². The summed E-state index contributed by atoms with van der Waals surface area (Å²) in [4.78, 5) is 1.79. The molecule has 70 valence electrons. The van der Waals surface area contributed by atoms with Crippen LogP contribution < -0.4 is 5.32 Å². The van der Waals surface area contributed by atoms with Crippen molar-refractivity contribution in [3.05, 3.63) is 12.2 Å². The summed E-state index contributed by atoms with van der Waals surface area (Å²) in [6.45, 7) is 2.20. The lowest BCUT2D eigenvalue weighted by atomic mass is 10.1. The average molecular weight is 177 g/mol. The van der Waals surface area contributed by atoms with Gasteiger partial charge in [-0.05, 0) is 6.42 Å². The van der Waals surface area contributed by atoms with Gasteiger partial charge >= 0.3 is 0 Å². The summed E-state index contributed by atoms with van der Waals surface area (Å²) in [5, 5.41) is 12.1. The molecule has 3 heteroatoms. The van der Waals surface area contributed by atoms with E-state index in [-0.39, 0.29) is 0 Å². The molecular formula is C10H15N3. The molecule has 0 amide bonds. The van der Waals surface area contributed by atoms with Crippen LogP contribution in [0.15, 0.2) is 12.2 Å². The molecule has 1 N–H and O–H groups in total. The minimum Gasteiger partial charge on any atom is -0.288 e. The molecule has 0 aromatic rings. The Bertz CT molecular complexity index is 253. The summed E-state index contributed by atoms with van der Waals surface area (Å²) in [5.74, 6) is 0. The van der Waals surface area contributed by atoms with E-state index in [0.717, 1.165) is 0 Å². The van der Waals surface area contributed by atoms with Crippen LogP contribution in [-0.4, -0.2) is 23.1 Å². The topological polar surface area (TPSA) is 38.8 Å². The Morgan fingerprint density at radius 1 is 1.54 bits per heavy atom. The van der Waals surface area contributed by atoms with Gasteiger partial charge in [-0.1, -0.05) is 31.9 Å². The van der Waals surface area contributed by atoms with Crippen LogP contribution in [0.4, 0.5) is 0 Å². The first-order valence-corrected chi connectivity index (χ1v) is 4.99. The summed E-state index contributed by atoms with van der Waals surface area (Å²) in [7, 11) is 0. The normalized spacial score (nSPS) is 35.4. The largest absolute Gasteiger partial charge is 0.288 e. The van der Waals surface area contributed by atoms with Crippen molar-refractivity contribution in [2.24, 2.45) is 0 Å². The van der Waals surface area contributed by atoms with E-state index in [1.807, 2.05) is 0 Å². The third kappa shape index (κ3) is 1.54. The summed E-state index contributed by atoms with van der Waals surface area (Å²) < 4.78 is 0. The zero-order valence-corrected chi connectivity index (χ0v) is 7.90. The first-order chi connectivity index (χ1) is 6.36. The van der Waals surface area contributed by atoms with Gasteiger partial charge in [0.2, 0.25) is 0 Å². The van der Waals surface area contributed by atoms with E-state index in [0.29, 0.717) is 18.2 Å². The van der Waals surface area contributed by atoms with E-state index in [9.17, 15) is 0 Å². The maximum Gasteiger partial charge on any atom is 0.181 e. The third-order valence-electron chi connectivity index (χ3n) is 2.76. The van der Waals surface area contributed by atoms with Gasteiger partial charge in [0.05, 0.1) is 6.04 Å². The Hall–Kier alpha value is -1.01. The molecule has 3 nitrogen and oxygen atoms in total. The lowest BCUT2D eigenvalue weighted by molar-refractivity contribution is 0.486. The van der Waals surface area contributed by atoms with Crippen LogP contribution in [0, 0.1) is 11.5 Å². The second kappa shape index (κ2) is 3.39. The molecular weight excluding hydrogens is 162 g/mol. The van der Waals surface area contributed by atoms with Gasteiger partial charge in [0.1, 0.15) is 6.17 Å². The van der Waals surface area contributed by atoms with Crippen LogP contribution in [0.1, 0.15) is 26.2 Å². The highest BCUT2D eigenvalue weighted by Gasteiger charge is 2.48.